The molecule has 1 aliphatic rings. The Morgan fingerprint density at radius 3 is 2.00 bits per heavy atom. The van der Waals surface area contributed by atoms with Crippen molar-refractivity contribution in [2.45, 2.75) is 37.5 Å². The van der Waals surface area contributed by atoms with Gasteiger partial charge in [-0.2, -0.15) is 0 Å². The van der Waals surface area contributed by atoms with Crippen LogP contribution in [0.3, 0.4) is 0 Å². The van der Waals surface area contributed by atoms with Crippen LogP contribution < -0.4 is 0 Å². The quantitative estimate of drug-likeness (QED) is 0.719. The second-order valence-electron chi connectivity index (χ2n) is 5.96. The Morgan fingerprint density at radius 1 is 0.810 bits per heavy atom. The van der Waals surface area contributed by atoms with Gasteiger partial charge in [0.15, 0.2) is 0 Å². The fraction of sp³-hybridized carbons (Fsp3) is 0.333. The predicted octanol–water partition coefficient (Wildman–Crippen LogP) is 3.24. The first-order chi connectivity index (χ1) is 10.3. The average Bonchev–Trinajstić information content (AvgIpc) is 2.85. The van der Waals surface area contributed by atoms with Gasteiger partial charge in [-0.25, -0.2) is 0 Å². The minimum atomic E-state index is -0.696. The van der Waals surface area contributed by atoms with Crippen LogP contribution in [0.2, 0.25) is 0 Å². The van der Waals surface area contributed by atoms with Gasteiger partial charge in [0.2, 0.25) is 0 Å². The van der Waals surface area contributed by atoms with Gasteiger partial charge in [-0.1, -0.05) is 36.4 Å². The van der Waals surface area contributed by atoms with Crippen LogP contribution in [0.1, 0.15) is 25.3 Å². The van der Waals surface area contributed by atoms with Gasteiger partial charge in [-0.05, 0) is 31.4 Å². The van der Waals surface area contributed by atoms with Crippen LogP contribution in [0.15, 0.2) is 48.5 Å². The van der Waals surface area contributed by atoms with Crippen molar-refractivity contribution in [2.24, 2.45) is 0 Å². The van der Waals surface area contributed by atoms with E-state index in [1.807, 2.05) is 24.3 Å². The summed E-state index contributed by atoms with van der Waals surface area (Å²) in [6.45, 7) is 0. The molecular weight excluding hydrogens is 262 g/mol. The maximum Gasteiger partial charge on any atom is 0.101 e. The van der Waals surface area contributed by atoms with Crippen LogP contribution in [0.4, 0.5) is 0 Å². The second kappa shape index (κ2) is 4.86. The van der Waals surface area contributed by atoms with Crippen molar-refractivity contribution in [1.29, 1.82) is 0 Å². The lowest BCUT2D eigenvalue weighted by Gasteiger charge is -2.33. The Labute approximate surface area is 123 Å². The normalized spacial score (nSPS) is 26.5. The van der Waals surface area contributed by atoms with Crippen LogP contribution in [0, 0.1) is 0 Å². The summed E-state index contributed by atoms with van der Waals surface area (Å²) < 4.78 is 2.22. The Bertz CT molecular complexity index is 739. The number of aromatic nitrogens is 1. The van der Waals surface area contributed by atoms with Crippen molar-refractivity contribution in [2.75, 3.05) is 0 Å². The third kappa shape index (κ3) is 1.88. The van der Waals surface area contributed by atoms with E-state index in [9.17, 15) is 10.2 Å². The topological polar surface area (TPSA) is 45.4 Å². The highest BCUT2D eigenvalue weighted by Crippen LogP contribution is 2.37. The van der Waals surface area contributed by atoms with E-state index >= 15 is 0 Å². The van der Waals surface area contributed by atoms with E-state index in [2.05, 4.69) is 28.8 Å². The summed E-state index contributed by atoms with van der Waals surface area (Å²) in [5.74, 6) is 0. The van der Waals surface area contributed by atoms with Gasteiger partial charge in [0, 0.05) is 21.8 Å². The maximum atomic E-state index is 10.5. The van der Waals surface area contributed by atoms with Gasteiger partial charge in [-0.15, -0.1) is 0 Å². The Kier molecular flexibility index (Phi) is 2.98. The van der Waals surface area contributed by atoms with E-state index in [1.54, 1.807) is 0 Å². The Morgan fingerprint density at radius 2 is 1.38 bits per heavy atom. The van der Waals surface area contributed by atoms with Crippen LogP contribution in [0.5, 0.6) is 0 Å². The van der Waals surface area contributed by atoms with E-state index in [0.29, 0.717) is 6.42 Å². The summed E-state index contributed by atoms with van der Waals surface area (Å²) in [5.41, 5.74) is 2.27. The van der Waals surface area contributed by atoms with Crippen molar-refractivity contribution < 1.29 is 10.2 Å². The fourth-order valence-corrected chi connectivity index (χ4v) is 3.73. The van der Waals surface area contributed by atoms with Crippen LogP contribution in [-0.2, 0) is 0 Å². The van der Waals surface area contributed by atoms with E-state index in [0.717, 1.165) is 23.9 Å². The maximum absolute atomic E-state index is 10.5. The van der Waals surface area contributed by atoms with Crippen molar-refractivity contribution in [3.63, 3.8) is 0 Å². The molecule has 1 unspecified atom stereocenters. The molecular formula is C18H19NO2. The molecule has 1 aliphatic carbocycles. The van der Waals surface area contributed by atoms with E-state index in [4.69, 9.17) is 0 Å². The Balaban J connectivity index is 2.01. The molecule has 0 spiro atoms. The summed E-state index contributed by atoms with van der Waals surface area (Å²) in [7, 11) is 0. The van der Waals surface area contributed by atoms with Crippen molar-refractivity contribution >= 4 is 21.8 Å². The molecule has 0 aliphatic heterocycles. The molecule has 108 valence electrons. The molecule has 4 rings (SSSR count). The number of para-hydroxylation sites is 2. The summed E-state index contributed by atoms with van der Waals surface area (Å²) in [6, 6.07) is 16.5. The standard InChI is InChI=1S/C18H19NO2/c20-17-11-5-10-16(18(17)21)19-14-8-3-1-6-12(14)13-7-2-4-9-15(13)19/h1-4,6-9,16-18,20-21H,5,10-11H2/t16?,17-,18+/m1/s1. The van der Waals surface area contributed by atoms with Crippen LogP contribution in [-0.4, -0.2) is 27.0 Å². The SMILES string of the molecule is O[C@@H]1CCCC(n2c3ccccc3c3ccccc32)[C@@H]1O. The zero-order valence-electron chi connectivity index (χ0n) is 11.8. The largest absolute Gasteiger partial charge is 0.390 e. The first kappa shape index (κ1) is 12.9. The molecule has 1 aromatic heterocycles. The zero-order chi connectivity index (χ0) is 14.4. The average molecular weight is 281 g/mol. The minimum absolute atomic E-state index is 0.0569. The molecule has 0 bridgehead atoms. The molecule has 1 fully saturated rings. The lowest BCUT2D eigenvalue weighted by molar-refractivity contribution is -0.0375. The first-order valence-electron chi connectivity index (χ1n) is 7.61. The molecule has 21 heavy (non-hydrogen) atoms. The van der Waals surface area contributed by atoms with Gasteiger partial charge in [0.05, 0.1) is 12.1 Å². The molecule has 2 N–H and O–H groups in total. The molecule has 0 radical (unpaired) electrons. The van der Waals surface area contributed by atoms with Crippen LogP contribution >= 0.6 is 0 Å². The number of fused-ring (bicyclic) bond motifs is 3. The summed E-state index contributed by atoms with van der Waals surface area (Å²) in [5, 5.41) is 22.9. The van der Waals surface area contributed by atoms with Gasteiger partial charge in [0.1, 0.15) is 6.10 Å². The molecule has 2 aromatic carbocycles. The monoisotopic (exact) mass is 281 g/mol. The number of hydrogen-bond acceptors (Lipinski definition) is 2. The van der Waals surface area contributed by atoms with Crippen molar-refractivity contribution in [3.05, 3.63) is 48.5 Å². The first-order valence-corrected chi connectivity index (χ1v) is 7.61. The molecule has 3 aromatic rings. The van der Waals surface area contributed by atoms with Crippen molar-refractivity contribution in [3.8, 4) is 0 Å². The number of aliphatic hydroxyl groups excluding tert-OH is 2. The number of hydrogen-bond donors (Lipinski definition) is 2. The fourth-order valence-electron chi connectivity index (χ4n) is 3.73. The summed E-state index contributed by atoms with van der Waals surface area (Å²) in [4.78, 5) is 0. The molecule has 0 amide bonds. The summed E-state index contributed by atoms with van der Waals surface area (Å²) >= 11 is 0. The highest BCUT2D eigenvalue weighted by molar-refractivity contribution is 6.08. The van der Waals surface area contributed by atoms with E-state index in [1.165, 1.54) is 10.8 Å². The molecule has 1 heterocycles. The van der Waals surface area contributed by atoms with Crippen molar-refractivity contribution in [1.82, 2.24) is 4.57 Å². The number of benzene rings is 2. The smallest absolute Gasteiger partial charge is 0.101 e. The second-order valence-corrected chi connectivity index (χ2v) is 5.96. The van der Waals surface area contributed by atoms with Gasteiger partial charge < -0.3 is 14.8 Å². The van der Waals surface area contributed by atoms with E-state index < -0.39 is 12.2 Å². The third-order valence-electron chi connectivity index (χ3n) is 4.74. The van der Waals surface area contributed by atoms with E-state index in [-0.39, 0.29) is 6.04 Å². The Hall–Kier alpha value is -1.84. The minimum Gasteiger partial charge on any atom is -0.390 e. The lowest BCUT2D eigenvalue weighted by Crippen LogP contribution is -2.38. The molecule has 1 saturated carbocycles. The molecule has 3 atom stereocenters. The highest BCUT2D eigenvalue weighted by atomic mass is 16.3. The zero-order valence-corrected chi connectivity index (χ0v) is 11.8. The molecule has 3 heteroatoms. The lowest BCUT2D eigenvalue weighted by atomic mass is 9.89. The van der Waals surface area contributed by atoms with Gasteiger partial charge in [-0.3, -0.25) is 0 Å². The van der Waals surface area contributed by atoms with Gasteiger partial charge >= 0.3 is 0 Å². The number of aliphatic hydroxyl groups is 2. The number of nitrogens with zero attached hydrogens (tertiary/aromatic N) is 1. The predicted molar refractivity (Wildman–Crippen MR) is 84.3 cm³/mol. The third-order valence-corrected chi connectivity index (χ3v) is 4.74. The highest BCUT2D eigenvalue weighted by Gasteiger charge is 2.33. The summed E-state index contributed by atoms with van der Waals surface area (Å²) in [6.07, 6.45) is 1.22. The molecule has 0 saturated heterocycles. The van der Waals surface area contributed by atoms with Crippen LogP contribution in [0.25, 0.3) is 21.8 Å². The molecule has 3 nitrogen and oxygen atoms in total. The number of rotatable bonds is 1. The van der Waals surface area contributed by atoms with Gasteiger partial charge in [0.25, 0.3) is 0 Å².